The highest BCUT2D eigenvalue weighted by molar-refractivity contribution is 7.98. The summed E-state index contributed by atoms with van der Waals surface area (Å²) in [5, 5.41) is 15.2. The number of carbonyl (C=O) groups excluding carboxylic acids is 3. The monoisotopic (exact) mass is 491 g/mol. The smallest absolute Gasteiger partial charge is 0.408 e. The minimum atomic E-state index is -1.14. The lowest BCUT2D eigenvalue weighted by atomic mass is 10.0. The summed E-state index contributed by atoms with van der Waals surface area (Å²) in [4.78, 5) is 40.2. The van der Waals surface area contributed by atoms with Crippen molar-refractivity contribution in [3.05, 3.63) is 29.8 Å². The first-order chi connectivity index (χ1) is 15.9. The van der Waals surface area contributed by atoms with E-state index in [-0.39, 0.29) is 11.8 Å². The van der Waals surface area contributed by atoms with Crippen molar-refractivity contribution in [1.82, 2.24) is 15.5 Å². The molecule has 0 saturated carbocycles. The molecular weight excluding hydrogens is 454 g/mol. The number of hydrogen-bond donors (Lipinski definition) is 3. The average Bonchev–Trinajstić information content (AvgIpc) is 2.74. The summed E-state index contributed by atoms with van der Waals surface area (Å²) in [5.41, 5.74) is -0.307. The molecule has 0 radical (unpaired) electrons. The van der Waals surface area contributed by atoms with Gasteiger partial charge in [0.15, 0.2) is 0 Å². The normalized spacial score (nSPS) is 13.7. The zero-order chi connectivity index (χ0) is 25.9. The van der Waals surface area contributed by atoms with Crippen LogP contribution in [0, 0.1) is 12.5 Å². The number of terminal acetylenes is 1. The molecule has 0 bridgehead atoms. The Balaban J connectivity index is 3.32. The van der Waals surface area contributed by atoms with Crippen LogP contribution in [0.5, 0.6) is 5.75 Å². The molecule has 0 fully saturated rings. The maximum atomic E-state index is 13.6. The van der Waals surface area contributed by atoms with Crippen molar-refractivity contribution in [2.45, 2.75) is 77.6 Å². The van der Waals surface area contributed by atoms with Gasteiger partial charge in [-0.3, -0.25) is 14.5 Å². The van der Waals surface area contributed by atoms with E-state index in [1.54, 1.807) is 32.9 Å². The second-order valence-corrected chi connectivity index (χ2v) is 10.00. The van der Waals surface area contributed by atoms with Crippen LogP contribution in [-0.4, -0.2) is 57.6 Å². The highest BCUT2D eigenvalue weighted by Crippen LogP contribution is 2.25. The van der Waals surface area contributed by atoms with Crippen LogP contribution >= 0.6 is 11.8 Å². The fourth-order valence-corrected chi connectivity index (χ4v) is 3.75. The lowest BCUT2D eigenvalue weighted by Crippen LogP contribution is -2.52. The first-order valence-electron chi connectivity index (χ1n) is 11.3. The summed E-state index contributed by atoms with van der Waals surface area (Å²) in [7, 11) is 0. The Morgan fingerprint density at radius 1 is 1.18 bits per heavy atom. The van der Waals surface area contributed by atoms with Crippen molar-refractivity contribution in [3.63, 3.8) is 0 Å². The van der Waals surface area contributed by atoms with Crippen LogP contribution in [0.4, 0.5) is 4.79 Å². The highest BCUT2D eigenvalue weighted by atomic mass is 32.2. The van der Waals surface area contributed by atoms with E-state index in [9.17, 15) is 19.5 Å². The quantitative estimate of drug-likeness (QED) is 0.321. The number of alkyl carbamates (subject to hydrolysis) is 1. The van der Waals surface area contributed by atoms with Crippen molar-refractivity contribution in [1.29, 1.82) is 0 Å². The van der Waals surface area contributed by atoms with Crippen molar-refractivity contribution in [3.8, 4) is 18.2 Å². The van der Waals surface area contributed by atoms with Crippen molar-refractivity contribution < 1.29 is 24.2 Å². The summed E-state index contributed by atoms with van der Waals surface area (Å²) >= 11 is 1.51. The van der Waals surface area contributed by atoms with Crippen LogP contribution in [-0.2, 0) is 14.3 Å². The molecule has 0 aliphatic heterocycles. The number of carbonyl (C=O) groups is 3. The second kappa shape index (κ2) is 13.8. The van der Waals surface area contributed by atoms with Gasteiger partial charge in [-0.25, -0.2) is 4.79 Å². The molecule has 0 saturated heterocycles. The van der Waals surface area contributed by atoms with E-state index in [1.807, 2.05) is 20.1 Å². The number of benzene rings is 1. The van der Waals surface area contributed by atoms with Gasteiger partial charge in [-0.1, -0.05) is 31.9 Å². The Kier molecular flexibility index (Phi) is 11.8. The fourth-order valence-electron chi connectivity index (χ4n) is 3.28. The van der Waals surface area contributed by atoms with E-state index in [1.165, 1.54) is 23.9 Å². The second-order valence-electron chi connectivity index (χ2n) is 9.01. The molecule has 3 N–H and O–H groups in total. The molecule has 3 unspecified atom stereocenters. The average molecular weight is 492 g/mol. The van der Waals surface area contributed by atoms with E-state index >= 15 is 0 Å². The van der Waals surface area contributed by atoms with Gasteiger partial charge in [0.25, 0.3) is 5.91 Å². The number of phenols is 1. The maximum absolute atomic E-state index is 13.6. The number of amides is 3. The molecule has 0 aliphatic rings. The lowest BCUT2D eigenvalue weighted by Gasteiger charge is -2.31. The molecule has 34 heavy (non-hydrogen) atoms. The minimum absolute atomic E-state index is 0.0188. The van der Waals surface area contributed by atoms with Crippen LogP contribution in [0.3, 0.4) is 0 Å². The zero-order valence-electron chi connectivity index (χ0n) is 20.9. The van der Waals surface area contributed by atoms with Gasteiger partial charge in [0.1, 0.15) is 23.4 Å². The summed E-state index contributed by atoms with van der Waals surface area (Å²) < 4.78 is 5.31. The number of rotatable bonds is 11. The van der Waals surface area contributed by atoms with Gasteiger partial charge in [0.05, 0.1) is 0 Å². The minimum Gasteiger partial charge on any atom is -0.508 e. The third kappa shape index (κ3) is 9.56. The molecule has 0 heterocycles. The molecule has 3 atom stereocenters. The van der Waals surface area contributed by atoms with Gasteiger partial charge in [-0.15, -0.1) is 0 Å². The summed E-state index contributed by atoms with van der Waals surface area (Å²) in [6, 6.07) is 6.02. The molecule has 0 spiro atoms. The zero-order valence-corrected chi connectivity index (χ0v) is 21.7. The van der Waals surface area contributed by atoms with E-state index in [0.29, 0.717) is 17.7 Å². The SMILES string of the molecule is C#CN(C(=O)C(CCSC)NC(=O)OC(C)(C)C)C(C(=O)NC(C)CCC)c1ccc(O)cc1. The van der Waals surface area contributed by atoms with Crippen molar-refractivity contribution in [2.75, 3.05) is 12.0 Å². The number of hydrogen-bond acceptors (Lipinski definition) is 6. The number of phenolic OH excluding ortho intramolecular Hbond substituents is 1. The first kappa shape index (κ1) is 29.2. The van der Waals surface area contributed by atoms with Crippen molar-refractivity contribution in [2.24, 2.45) is 0 Å². The number of nitrogens with one attached hydrogen (secondary N) is 2. The lowest BCUT2D eigenvalue weighted by molar-refractivity contribution is -0.138. The highest BCUT2D eigenvalue weighted by Gasteiger charge is 2.36. The van der Waals surface area contributed by atoms with Gasteiger partial charge in [-0.2, -0.15) is 11.8 Å². The van der Waals surface area contributed by atoms with E-state index < -0.39 is 35.6 Å². The summed E-state index contributed by atoms with van der Waals surface area (Å²) in [5.74, 6) is -0.448. The topological polar surface area (TPSA) is 108 Å². The Hall–Kier alpha value is -2.86. The maximum Gasteiger partial charge on any atom is 0.408 e. The molecule has 9 heteroatoms. The van der Waals surface area contributed by atoms with Crippen LogP contribution < -0.4 is 10.6 Å². The largest absolute Gasteiger partial charge is 0.508 e. The third-order valence-corrected chi connectivity index (χ3v) is 5.45. The molecule has 1 aromatic rings. The molecule has 0 aliphatic carbocycles. The van der Waals surface area contributed by atoms with E-state index in [0.717, 1.165) is 17.7 Å². The Bertz CT molecular complexity index is 861. The number of ether oxygens (including phenoxy) is 1. The number of aromatic hydroxyl groups is 1. The fraction of sp³-hybridized carbons (Fsp3) is 0.560. The van der Waals surface area contributed by atoms with Crippen molar-refractivity contribution >= 4 is 29.7 Å². The molecule has 1 rings (SSSR count). The number of thioether (sulfide) groups is 1. The van der Waals surface area contributed by atoms with Gasteiger partial charge in [0.2, 0.25) is 5.91 Å². The first-order valence-corrected chi connectivity index (χ1v) is 12.7. The van der Waals surface area contributed by atoms with E-state index in [2.05, 4.69) is 16.7 Å². The summed E-state index contributed by atoms with van der Waals surface area (Å²) in [6.07, 6.45) is 8.82. The molecule has 8 nitrogen and oxygen atoms in total. The van der Waals surface area contributed by atoms with Gasteiger partial charge < -0.3 is 20.5 Å². The van der Waals surface area contributed by atoms with Crippen LogP contribution in [0.2, 0.25) is 0 Å². The molecule has 188 valence electrons. The van der Waals surface area contributed by atoms with Gasteiger partial charge >= 0.3 is 6.09 Å². The summed E-state index contributed by atoms with van der Waals surface area (Å²) in [6.45, 7) is 9.06. The standard InChI is InChI=1S/C25H37N3O5S/c1-8-10-17(3)26-22(30)21(18-11-13-19(29)14-12-18)28(9-2)23(31)20(15-16-34-7)27-24(32)33-25(4,5)6/h2,11-14,17,20-21,29H,8,10,15-16H2,1,3-7H3,(H,26,30)(H,27,32). The molecule has 1 aromatic carbocycles. The number of nitrogens with zero attached hydrogens (tertiary/aromatic N) is 1. The van der Waals surface area contributed by atoms with Gasteiger partial charge in [0, 0.05) is 12.1 Å². The van der Waals surface area contributed by atoms with Crippen LogP contribution in [0.1, 0.15) is 65.5 Å². The van der Waals surface area contributed by atoms with Crippen LogP contribution in [0.15, 0.2) is 24.3 Å². The van der Waals surface area contributed by atoms with E-state index in [4.69, 9.17) is 11.2 Å². The molecular formula is C25H37N3O5S. The Morgan fingerprint density at radius 2 is 1.79 bits per heavy atom. The predicted molar refractivity (Wildman–Crippen MR) is 135 cm³/mol. The Labute approximate surface area is 207 Å². The van der Waals surface area contributed by atoms with Gasteiger partial charge in [-0.05, 0) is 70.2 Å². The molecule has 3 amide bonds. The third-order valence-electron chi connectivity index (χ3n) is 4.80. The Morgan fingerprint density at radius 3 is 2.29 bits per heavy atom. The predicted octanol–water partition coefficient (Wildman–Crippen LogP) is 3.80. The molecule has 0 aromatic heterocycles. The van der Waals surface area contributed by atoms with Crippen LogP contribution in [0.25, 0.3) is 0 Å².